The molecule has 0 fully saturated rings. The SMILES string of the molecule is O=C(Cc1ccc(Br)cn1)NCc1ccccc1F. The van der Waals surface area contributed by atoms with Crippen LogP contribution in [0.1, 0.15) is 11.3 Å². The van der Waals surface area contributed by atoms with Crippen molar-refractivity contribution in [1.82, 2.24) is 10.3 Å². The van der Waals surface area contributed by atoms with Gasteiger partial charge in [-0.1, -0.05) is 18.2 Å². The highest BCUT2D eigenvalue weighted by Gasteiger charge is 2.06. The van der Waals surface area contributed by atoms with E-state index in [4.69, 9.17) is 0 Å². The lowest BCUT2D eigenvalue weighted by Crippen LogP contribution is -2.25. The van der Waals surface area contributed by atoms with Gasteiger partial charge in [-0.05, 0) is 34.1 Å². The van der Waals surface area contributed by atoms with E-state index in [9.17, 15) is 9.18 Å². The Hall–Kier alpha value is -1.75. The second-order valence-corrected chi connectivity index (χ2v) is 4.93. The number of pyridine rings is 1. The first-order chi connectivity index (χ1) is 9.15. The molecule has 1 aromatic carbocycles. The summed E-state index contributed by atoms with van der Waals surface area (Å²) >= 11 is 3.28. The molecule has 0 unspecified atom stereocenters. The third-order valence-electron chi connectivity index (χ3n) is 2.56. The van der Waals surface area contributed by atoms with Crippen molar-refractivity contribution in [3.8, 4) is 0 Å². The van der Waals surface area contributed by atoms with Crippen molar-refractivity contribution >= 4 is 21.8 Å². The fourth-order valence-electron chi connectivity index (χ4n) is 1.57. The molecule has 0 spiro atoms. The summed E-state index contributed by atoms with van der Waals surface area (Å²) < 4.78 is 14.2. The lowest BCUT2D eigenvalue weighted by atomic mass is 10.2. The van der Waals surface area contributed by atoms with Crippen LogP contribution in [0.15, 0.2) is 47.1 Å². The van der Waals surface area contributed by atoms with Gasteiger partial charge in [0.05, 0.1) is 6.42 Å². The molecule has 0 aliphatic rings. The smallest absolute Gasteiger partial charge is 0.226 e. The van der Waals surface area contributed by atoms with Gasteiger partial charge in [-0.3, -0.25) is 9.78 Å². The number of hydrogen-bond donors (Lipinski definition) is 1. The number of rotatable bonds is 4. The van der Waals surface area contributed by atoms with E-state index >= 15 is 0 Å². The summed E-state index contributed by atoms with van der Waals surface area (Å²) in [7, 11) is 0. The van der Waals surface area contributed by atoms with Crippen molar-refractivity contribution in [2.24, 2.45) is 0 Å². The van der Waals surface area contributed by atoms with Crippen molar-refractivity contribution in [2.75, 3.05) is 0 Å². The van der Waals surface area contributed by atoms with Crippen molar-refractivity contribution in [2.45, 2.75) is 13.0 Å². The summed E-state index contributed by atoms with van der Waals surface area (Å²) in [4.78, 5) is 15.8. The van der Waals surface area contributed by atoms with Crippen LogP contribution in [0.5, 0.6) is 0 Å². The molecule has 98 valence electrons. The summed E-state index contributed by atoms with van der Waals surface area (Å²) in [6.07, 6.45) is 1.82. The Labute approximate surface area is 119 Å². The van der Waals surface area contributed by atoms with Crippen LogP contribution in [0.4, 0.5) is 4.39 Å². The molecule has 1 N–H and O–H groups in total. The lowest BCUT2D eigenvalue weighted by molar-refractivity contribution is -0.120. The van der Waals surface area contributed by atoms with Gasteiger partial charge in [0.25, 0.3) is 0 Å². The number of benzene rings is 1. The number of halogens is 2. The molecule has 5 heteroatoms. The van der Waals surface area contributed by atoms with Crippen molar-refractivity contribution in [3.05, 3.63) is 64.1 Å². The van der Waals surface area contributed by atoms with Crippen LogP contribution in [0.3, 0.4) is 0 Å². The highest BCUT2D eigenvalue weighted by molar-refractivity contribution is 9.10. The molecule has 0 saturated carbocycles. The predicted octanol–water partition coefficient (Wildman–Crippen LogP) is 2.84. The summed E-state index contributed by atoms with van der Waals surface area (Å²) in [5, 5.41) is 2.67. The molecule has 3 nitrogen and oxygen atoms in total. The maximum Gasteiger partial charge on any atom is 0.226 e. The van der Waals surface area contributed by atoms with Crippen LogP contribution >= 0.6 is 15.9 Å². The molecule has 0 bridgehead atoms. The van der Waals surface area contributed by atoms with Gasteiger partial charge in [0.2, 0.25) is 5.91 Å². The first kappa shape index (κ1) is 13.7. The van der Waals surface area contributed by atoms with Crippen LogP contribution < -0.4 is 5.32 Å². The van der Waals surface area contributed by atoms with Gasteiger partial charge in [0, 0.05) is 28.5 Å². The van der Waals surface area contributed by atoms with Crippen molar-refractivity contribution < 1.29 is 9.18 Å². The summed E-state index contributed by atoms with van der Waals surface area (Å²) in [6, 6.07) is 9.97. The number of nitrogens with zero attached hydrogens (tertiary/aromatic N) is 1. The number of amides is 1. The third kappa shape index (κ3) is 4.13. The fraction of sp³-hybridized carbons (Fsp3) is 0.143. The highest BCUT2D eigenvalue weighted by atomic mass is 79.9. The minimum absolute atomic E-state index is 0.182. The lowest BCUT2D eigenvalue weighted by Gasteiger charge is -2.06. The minimum Gasteiger partial charge on any atom is -0.352 e. The molecular weight excluding hydrogens is 311 g/mol. The quantitative estimate of drug-likeness (QED) is 0.940. The molecular formula is C14H12BrFN2O. The van der Waals surface area contributed by atoms with Crippen LogP contribution in [-0.2, 0) is 17.8 Å². The van der Waals surface area contributed by atoms with Crippen LogP contribution in [0, 0.1) is 5.82 Å². The molecule has 1 heterocycles. The van der Waals surface area contributed by atoms with E-state index in [0.29, 0.717) is 11.3 Å². The summed E-state index contributed by atoms with van der Waals surface area (Å²) in [5.41, 5.74) is 1.15. The molecule has 1 aromatic heterocycles. The zero-order chi connectivity index (χ0) is 13.7. The van der Waals surface area contributed by atoms with Crippen molar-refractivity contribution in [1.29, 1.82) is 0 Å². The Balaban J connectivity index is 1.88. The third-order valence-corrected chi connectivity index (χ3v) is 3.03. The van der Waals surface area contributed by atoms with E-state index in [1.165, 1.54) is 6.07 Å². The molecule has 0 saturated heterocycles. The Morgan fingerprint density at radius 2 is 2.05 bits per heavy atom. The average molecular weight is 323 g/mol. The number of carbonyl (C=O) groups is 1. The minimum atomic E-state index is -0.315. The van der Waals surface area contributed by atoms with E-state index in [-0.39, 0.29) is 24.7 Å². The second kappa shape index (κ2) is 6.43. The number of carbonyl (C=O) groups excluding carboxylic acids is 1. The first-order valence-electron chi connectivity index (χ1n) is 5.75. The maximum atomic E-state index is 13.3. The Morgan fingerprint density at radius 1 is 1.26 bits per heavy atom. The van der Waals surface area contributed by atoms with E-state index < -0.39 is 0 Å². The Kier molecular flexibility index (Phi) is 4.63. The van der Waals surface area contributed by atoms with Crippen LogP contribution in [-0.4, -0.2) is 10.9 Å². The molecule has 2 rings (SSSR count). The van der Waals surface area contributed by atoms with E-state index in [2.05, 4.69) is 26.2 Å². The van der Waals surface area contributed by atoms with E-state index in [1.54, 1.807) is 30.5 Å². The number of aromatic nitrogens is 1. The molecule has 0 aliphatic carbocycles. The maximum absolute atomic E-state index is 13.3. The van der Waals surface area contributed by atoms with Gasteiger partial charge in [0.15, 0.2) is 0 Å². The van der Waals surface area contributed by atoms with Gasteiger partial charge >= 0.3 is 0 Å². The molecule has 0 aliphatic heterocycles. The zero-order valence-electron chi connectivity index (χ0n) is 10.1. The fourth-order valence-corrected chi connectivity index (χ4v) is 1.81. The molecule has 0 radical (unpaired) electrons. The molecule has 1 amide bonds. The van der Waals surface area contributed by atoms with Gasteiger partial charge in [-0.25, -0.2) is 4.39 Å². The number of hydrogen-bond acceptors (Lipinski definition) is 2. The van der Waals surface area contributed by atoms with Crippen LogP contribution in [0.2, 0.25) is 0 Å². The molecule has 0 atom stereocenters. The Bertz CT molecular complexity index is 572. The first-order valence-corrected chi connectivity index (χ1v) is 6.55. The normalized spacial score (nSPS) is 10.2. The number of nitrogens with one attached hydrogen (secondary N) is 1. The second-order valence-electron chi connectivity index (χ2n) is 4.01. The Morgan fingerprint density at radius 3 is 2.74 bits per heavy atom. The van der Waals surface area contributed by atoms with Gasteiger partial charge in [0.1, 0.15) is 5.82 Å². The standard InChI is InChI=1S/C14H12BrFN2O/c15-11-5-6-12(17-9-11)7-14(19)18-8-10-3-1-2-4-13(10)16/h1-6,9H,7-8H2,(H,18,19). The predicted molar refractivity (Wildman–Crippen MR) is 73.9 cm³/mol. The highest BCUT2D eigenvalue weighted by Crippen LogP contribution is 2.08. The van der Waals surface area contributed by atoms with Crippen LogP contribution in [0.25, 0.3) is 0 Å². The molecule has 19 heavy (non-hydrogen) atoms. The van der Waals surface area contributed by atoms with E-state index in [1.807, 2.05) is 6.07 Å². The largest absolute Gasteiger partial charge is 0.352 e. The summed E-state index contributed by atoms with van der Waals surface area (Å²) in [6.45, 7) is 0.183. The monoisotopic (exact) mass is 322 g/mol. The average Bonchev–Trinajstić information content (AvgIpc) is 2.40. The zero-order valence-corrected chi connectivity index (χ0v) is 11.7. The van der Waals surface area contributed by atoms with E-state index in [0.717, 1.165) is 4.47 Å². The summed E-state index contributed by atoms with van der Waals surface area (Å²) in [5.74, 6) is -0.498. The van der Waals surface area contributed by atoms with Crippen molar-refractivity contribution in [3.63, 3.8) is 0 Å². The van der Waals surface area contributed by atoms with Gasteiger partial charge in [-0.2, -0.15) is 0 Å². The molecule has 2 aromatic rings. The van der Waals surface area contributed by atoms with Gasteiger partial charge < -0.3 is 5.32 Å². The van der Waals surface area contributed by atoms with Gasteiger partial charge in [-0.15, -0.1) is 0 Å². The topological polar surface area (TPSA) is 42.0 Å².